The van der Waals surface area contributed by atoms with Gasteiger partial charge in [-0.2, -0.15) is 18.4 Å². The Bertz CT molecular complexity index is 309. The molecule has 0 rings (SSSR count). The number of nitriles is 1. The van der Waals surface area contributed by atoms with Crippen molar-refractivity contribution in [2.45, 2.75) is 64.8 Å². The van der Waals surface area contributed by atoms with E-state index < -0.39 is 18.3 Å². The van der Waals surface area contributed by atoms with Crippen LogP contribution in [0.15, 0.2) is 0 Å². The minimum Gasteiger partial charge on any atom is -0.297 e. The Morgan fingerprint density at radius 1 is 1.26 bits per heavy atom. The minimum absolute atomic E-state index is 0.106. The molecule has 0 fully saturated rings. The fourth-order valence-electron chi connectivity index (χ4n) is 2.30. The van der Waals surface area contributed by atoms with E-state index in [-0.39, 0.29) is 12.1 Å². The molecular weight excluding hydrogens is 255 g/mol. The van der Waals surface area contributed by atoms with Crippen molar-refractivity contribution in [1.29, 1.82) is 5.26 Å². The van der Waals surface area contributed by atoms with Gasteiger partial charge in [0, 0.05) is 12.1 Å². The Kier molecular flexibility index (Phi) is 6.81. The van der Waals surface area contributed by atoms with E-state index in [1.54, 1.807) is 20.8 Å². The molecule has 3 nitrogen and oxygen atoms in total. The molecule has 0 spiro atoms. The Balaban J connectivity index is 4.71. The van der Waals surface area contributed by atoms with Gasteiger partial charge in [-0.25, -0.2) is 0 Å². The van der Waals surface area contributed by atoms with E-state index in [1.165, 1.54) is 4.90 Å². The summed E-state index contributed by atoms with van der Waals surface area (Å²) in [5.41, 5.74) is -0.813. The standard InChI is InChI=1S/C13H24F3N3/c1-6-19(9-13(14,15)16)11(4)7-12(5,8-17)18-10(2)3/h10-11,18H,6-7,9H2,1-5H3. The molecule has 2 unspecified atom stereocenters. The molecular formula is C13H24F3N3. The molecule has 0 saturated carbocycles. The van der Waals surface area contributed by atoms with Crippen LogP contribution in [0.25, 0.3) is 0 Å². The largest absolute Gasteiger partial charge is 0.401 e. The topological polar surface area (TPSA) is 39.1 Å². The SMILES string of the molecule is CCN(CC(F)(F)F)C(C)CC(C)(C#N)NC(C)C. The first-order valence-electron chi connectivity index (χ1n) is 6.52. The molecule has 1 N–H and O–H groups in total. The molecule has 0 aliphatic carbocycles. The van der Waals surface area contributed by atoms with E-state index in [4.69, 9.17) is 0 Å². The highest BCUT2D eigenvalue weighted by atomic mass is 19.4. The van der Waals surface area contributed by atoms with E-state index in [0.29, 0.717) is 13.0 Å². The van der Waals surface area contributed by atoms with E-state index in [9.17, 15) is 18.4 Å². The lowest BCUT2D eigenvalue weighted by Crippen LogP contribution is -2.50. The molecule has 112 valence electrons. The third kappa shape index (κ3) is 7.38. The van der Waals surface area contributed by atoms with E-state index in [2.05, 4.69) is 11.4 Å². The van der Waals surface area contributed by atoms with Crippen LogP contribution in [0.3, 0.4) is 0 Å². The fourth-order valence-corrected chi connectivity index (χ4v) is 2.30. The molecule has 0 amide bonds. The Hall–Kier alpha value is -0.800. The van der Waals surface area contributed by atoms with Crippen LogP contribution in [0.2, 0.25) is 0 Å². The lowest BCUT2D eigenvalue weighted by Gasteiger charge is -2.34. The lowest BCUT2D eigenvalue weighted by molar-refractivity contribution is -0.150. The number of nitrogens with one attached hydrogen (secondary N) is 1. The quantitative estimate of drug-likeness (QED) is 0.779. The van der Waals surface area contributed by atoms with Gasteiger partial charge < -0.3 is 0 Å². The van der Waals surface area contributed by atoms with E-state index >= 15 is 0 Å². The molecule has 0 aromatic rings. The van der Waals surface area contributed by atoms with Gasteiger partial charge in [-0.1, -0.05) is 6.92 Å². The van der Waals surface area contributed by atoms with Crippen molar-refractivity contribution < 1.29 is 13.2 Å². The van der Waals surface area contributed by atoms with Crippen LogP contribution in [-0.2, 0) is 0 Å². The maximum Gasteiger partial charge on any atom is 0.401 e. The number of hydrogen-bond donors (Lipinski definition) is 1. The summed E-state index contributed by atoms with van der Waals surface area (Å²) in [7, 11) is 0. The van der Waals surface area contributed by atoms with Crippen LogP contribution in [0.5, 0.6) is 0 Å². The summed E-state index contributed by atoms with van der Waals surface area (Å²) in [5.74, 6) is 0. The first kappa shape index (κ1) is 18.2. The molecule has 19 heavy (non-hydrogen) atoms. The third-order valence-electron chi connectivity index (χ3n) is 2.97. The van der Waals surface area contributed by atoms with Crippen molar-refractivity contribution in [3.63, 3.8) is 0 Å². The molecule has 0 heterocycles. The van der Waals surface area contributed by atoms with Crippen molar-refractivity contribution in [1.82, 2.24) is 10.2 Å². The molecule has 0 saturated heterocycles. The predicted molar refractivity (Wildman–Crippen MR) is 69.7 cm³/mol. The molecule has 0 radical (unpaired) electrons. The number of rotatable bonds is 7. The number of alkyl halides is 3. The molecule has 0 aromatic carbocycles. The van der Waals surface area contributed by atoms with Crippen LogP contribution >= 0.6 is 0 Å². The summed E-state index contributed by atoms with van der Waals surface area (Å²) in [6, 6.07) is 1.95. The highest BCUT2D eigenvalue weighted by Gasteiger charge is 2.35. The van der Waals surface area contributed by atoms with Gasteiger partial charge in [-0.05, 0) is 40.7 Å². The fraction of sp³-hybridized carbons (Fsp3) is 0.923. The molecule has 2 atom stereocenters. The highest BCUT2D eigenvalue weighted by Crippen LogP contribution is 2.22. The average molecular weight is 279 g/mol. The number of nitrogens with zero attached hydrogens (tertiary/aromatic N) is 2. The Labute approximate surface area is 113 Å². The minimum atomic E-state index is -4.21. The second-order valence-corrected chi connectivity index (χ2v) is 5.47. The zero-order valence-corrected chi connectivity index (χ0v) is 12.3. The Morgan fingerprint density at radius 3 is 2.11 bits per heavy atom. The normalized spacial score (nSPS) is 17.3. The summed E-state index contributed by atoms with van der Waals surface area (Å²) in [6.45, 7) is 8.35. The van der Waals surface area contributed by atoms with Crippen LogP contribution in [0.4, 0.5) is 13.2 Å². The van der Waals surface area contributed by atoms with Gasteiger partial charge in [-0.15, -0.1) is 0 Å². The predicted octanol–water partition coefficient (Wildman–Crippen LogP) is 2.93. The number of halogens is 3. The molecule has 0 aliphatic rings. The van der Waals surface area contributed by atoms with Gasteiger partial charge in [0.15, 0.2) is 0 Å². The van der Waals surface area contributed by atoms with Crippen LogP contribution in [-0.4, -0.2) is 41.8 Å². The van der Waals surface area contributed by atoms with Gasteiger partial charge >= 0.3 is 6.18 Å². The summed E-state index contributed by atoms with van der Waals surface area (Å²) in [4.78, 5) is 1.34. The van der Waals surface area contributed by atoms with E-state index in [1.807, 2.05) is 13.8 Å². The first-order chi connectivity index (χ1) is 8.53. The van der Waals surface area contributed by atoms with Gasteiger partial charge in [0.1, 0.15) is 5.54 Å². The van der Waals surface area contributed by atoms with Crippen LogP contribution in [0, 0.1) is 11.3 Å². The van der Waals surface area contributed by atoms with E-state index in [0.717, 1.165) is 0 Å². The first-order valence-corrected chi connectivity index (χ1v) is 6.52. The van der Waals surface area contributed by atoms with Gasteiger partial charge in [-0.3, -0.25) is 10.2 Å². The molecule has 0 bridgehead atoms. The van der Waals surface area contributed by atoms with Crippen LogP contribution in [0.1, 0.15) is 41.0 Å². The smallest absolute Gasteiger partial charge is 0.297 e. The zero-order valence-electron chi connectivity index (χ0n) is 12.3. The summed E-state index contributed by atoms with van der Waals surface area (Å²) < 4.78 is 37.4. The highest BCUT2D eigenvalue weighted by molar-refractivity contribution is 5.06. The summed E-state index contributed by atoms with van der Waals surface area (Å²) >= 11 is 0. The Morgan fingerprint density at radius 2 is 1.79 bits per heavy atom. The van der Waals surface area contributed by atoms with Crippen molar-refractivity contribution in [2.24, 2.45) is 0 Å². The molecule has 6 heteroatoms. The van der Waals surface area contributed by atoms with Crippen molar-refractivity contribution >= 4 is 0 Å². The van der Waals surface area contributed by atoms with Crippen LogP contribution < -0.4 is 5.32 Å². The van der Waals surface area contributed by atoms with Gasteiger partial charge in [0.25, 0.3) is 0 Å². The van der Waals surface area contributed by atoms with Crippen molar-refractivity contribution in [2.75, 3.05) is 13.1 Å². The van der Waals surface area contributed by atoms with Crippen molar-refractivity contribution in [3.8, 4) is 6.07 Å². The van der Waals surface area contributed by atoms with Gasteiger partial charge in [0.2, 0.25) is 0 Å². The second-order valence-electron chi connectivity index (χ2n) is 5.47. The average Bonchev–Trinajstić information content (AvgIpc) is 2.23. The van der Waals surface area contributed by atoms with Crippen molar-refractivity contribution in [3.05, 3.63) is 0 Å². The maximum absolute atomic E-state index is 12.5. The van der Waals surface area contributed by atoms with Gasteiger partial charge in [0.05, 0.1) is 12.6 Å². The third-order valence-corrected chi connectivity index (χ3v) is 2.97. The monoisotopic (exact) mass is 279 g/mol. The second kappa shape index (κ2) is 7.11. The molecule has 0 aliphatic heterocycles. The lowest BCUT2D eigenvalue weighted by atomic mass is 9.93. The summed E-state index contributed by atoms with van der Waals surface area (Å²) in [5, 5.41) is 12.3. The number of hydrogen-bond acceptors (Lipinski definition) is 3. The maximum atomic E-state index is 12.5. The summed E-state index contributed by atoms with van der Waals surface area (Å²) in [6.07, 6.45) is -3.86. The molecule has 0 aromatic heterocycles. The zero-order chi connectivity index (χ0) is 15.3.